The predicted octanol–water partition coefficient (Wildman–Crippen LogP) is 2.04. The maximum absolute atomic E-state index is 11.1. The third-order valence-electron chi connectivity index (χ3n) is 2.68. The average molecular weight is 284 g/mol. The first kappa shape index (κ1) is 13.5. The highest BCUT2D eigenvalue weighted by Crippen LogP contribution is 2.27. The van der Waals surface area contributed by atoms with E-state index in [9.17, 15) is 8.42 Å². The predicted molar refractivity (Wildman–Crippen MR) is 75.6 cm³/mol. The van der Waals surface area contributed by atoms with Crippen molar-refractivity contribution in [3.63, 3.8) is 0 Å². The molecule has 0 bridgehead atoms. The van der Waals surface area contributed by atoms with Crippen LogP contribution in [0.2, 0.25) is 0 Å². The number of thiazole rings is 1. The van der Waals surface area contributed by atoms with Gasteiger partial charge < -0.3 is 5.73 Å². The highest BCUT2D eigenvalue weighted by molar-refractivity contribution is 7.90. The third-order valence-corrected chi connectivity index (χ3v) is 4.82. The highest BCUT2D eigenvalue weighted by atomic mass is 32.2. The highest BCUT2D eigenvalue weighted by Gasteiger charge is 2.14. The lowest BCUT2D eigenvalue weighted by molar-refractivity contribution is 0.591. The van der Waals surface area contributed by atoms with E-state index in [1.807, 2.05) is 25.1 Å². The molecule has 0 fully saturated rings. The van der Waals surface area contributed by atoms with Gasteiger partial charge in [0.25, 0.3) is 0 Å². The molecule has 4 nitrogen and oxygen atoms in total. The molecule has 0 saturated carbocycles. The molecule has 2 N–H and O–H groups in total. The van der Waals surface area contributed by atoms with E-state index < -0.39 is 9.84 Å². The maximum Gasteiger partial charge on any atom is 0.147 e. The molecule has 6 heteroatoms. The van der Waals surface area contributed by atoms with Crippen LogP contribution in [0, 0.1) is 6.92 Å². The molecule has 98 valence electrons. The van der Waals surface area contributed by atoms with Gasteiger partial charge in [0.05, 0.1) is 22.0 Å². The molecule has 0 radical (unpaired) electrons. The fourth-order valence-corrected chi connectivity index (χ4v) is 3.34. The summed E-state index contributed by atoms with van der Waals surface area (Å²) in [6, 6.07) is 5.76. The monoisotopic (exact) mass is 284 g/mol. The zero-order chi connectivity index (χ0) is 13.3. The molecule has 0 aliphatic heterocycles. The summed E-state index contributed by atoms with van der Waals surface area (Å²) in [5.41, 5.74) is 8.08. The molecule has 1 aromatic heterocycles. The standard InChI is InChI=1S/C12H16N2O2S2/c1-8-3-4-11-10(7-8)14-12(17-11)9(13)5-6-18(2,15)16/h3-4,7,9H,5-6,13H2,1-2H3. The number of aromatic nitrogens is 1. The quantitative estimate of drug-likeness (QED) is 0.932. The molecular weight excluding hydrogens is 268 g/mol. The van der Waals surface area contributed by atoms with Crippen molar-refractivity contribution in [1.29, 1.82) is 0 Å². The Hall–Kier alpha value is -0.980. The van der Waals surface area contributed by atoms with E-state index in [1.54, 1.807) is 0 Å². The number of nitrogens with zero attached hydrogens (tertiary/aromatic N) is 1. The van der Waals surface area contributed by atoms with Crippen LogP contribution in [0.5, 0.6) is 0 Å². The van der Waals surface area contributed by atoms with Crippen LogP contribution in [-0.2, 0) is 9.84 Å². The van der Waals surface area contributed by atoms with Gasteiger partial charge in [0, 0.05) is 6.26 Å². The first-order valence-electron chi connectivity index (χ1n) is 5.65. The Kier molecular flexibility index (Phi) is 3.70. The number of hydrogen-bond acceptors (Lipinski definition) is 5. The maximum atomic E-state index is 11.1. The Morgan fingerprint density at radius 2 is 2.17 bits per heavy atom. The van der Waals surface area contributed by atoms with E-state index in [0.29, 0.717) is 6.42 Å². The van der Waals surface area contributed by atoms with Gasteiger partial charge in [-0.2, -0.15) is 0 Å². The Bertz CT molecular complexity index is 662. The Morgan fingerprint density at radius 1 is 1.44 bits per heavy atom. The smallest absolute Gasteiger partial charge is 0.147 e. The van der Waals surface area contributed by atoms with E-state index in [1.165, 1.54) is 17.6 Å². The molecule has 0 aliphatic rings. The normalized spacial score (nSPS) is 13.9. The van der Waals surface area contributed by atoms with Gasteiger partial charge in [-0.05, 0) is 31.0 Å². The first-order chi connectivity index (χ1) is 8.35. The number of rotatable bonds is 4. The topological polar surface area (TPSA) is 73.1 Å². The molecule has 2 rings (SSSR count). The van der Waals surface area contributed by atoms with Gasteiger partial charge in [-0.25, -0.2) is 13.4 Å². The first-order valence-corrected chi connectivity index (χ1v) is 8.53. The molecule has 0 aliphatic carbocycles. The molecule has 18 heavy (non-hydrogen) atoms. The minimum absolute atomic E-state index is 0.100. The van der Waals surface area contributed by atoms with Crippen molar-refractivity contribution >= 4 is 31.4 Å². The summed E-state index contributed by atoms with van der Waals surface area (Å²) in [4.78, 5) is 4.47. The average Bonchev–Trinajstić information content (AvgIpc) is 2.67. The molecule has 1 atom stereocenters. The molecule has 1 unspecified atom stereocenters. The summed E-state index contributed by atoms with van der Waals surface area (Å²) in [7, 11) is -2.97. The van der Waals surface area contributed by atoms with Gasteiger partial charge in [-0.1, -0.05) is 6.07 Å². The van der Waals surface area contributed by atoms with Crippen LogP contribution in [0.15, 0.2) is 18.2 Å². The molecule has 1 aromatic carbocycles. The second kappa shape index (κ2) is 4.95. The lowest BCUT2D eigenvalue weighted by atomic mass is 10.2. The largest absolute Gasteiger partial charge is 0.322 e. The minimum Gasteiger partial charge on any atom is -0.322 e. The second-order valence-corrected chi connectivity index (χ2v) is 7.87. The van der Waals surface area contributed by atoms with Crippen molar-refractivity contribution in [2.24, 2.45) is 5.73 Å². The molecule has 0 spiro atoms. The van der Waals surface area contributed by atoms with Crippen molar-refractivity contribution in [2.45, 2.75) is 19.4 Å². The SMILES string of the molecule is Cc1ccc2sc(C(N)CCS(C)(=O)=O)nc2c1. The minimum atomic E-state index is -2.97. The van der Waals surface area contributed by atoms with E-state index in [4.69, 9.17) is 5.73 Å². The number of aryl methyl sites for hydroxylation is 1. The van der Waals surface area contributed by atoms with Crippen molar-refractivity contribution in [1.82, 2.24) is 4.98 Å². The fraction of sp³-hybridized carbons (Fsp3) is 0.417. The number of benzene rings is 1. The van der Waals surface area contributed by atoms with Gasteiger partial charge in [0.15, 0.2) is 0 Å². The third kappa shape index (κ3) is 3.28. The van der Waals surface area contributed by atoms with Crippen LogP contribution in [0.4, 0.5) is 0 Å². The molecule has 0 saturated heterocycles. The summed E-state index contributed by atoms with van der Waals surface area (Å²) >= 11 is 1.53. The lowest BCUT2D eigenvalue weighted by Gasteiger charge is -2.06. The van der Waals surface area contributed by atoms with Crippen molar-refractivity contribution in [3.05, 3.63) is 28.8 Å². The van der Waals surface area contributed by atoms with Gasteiger partial charge in [-0.15, -0.1) is 11.3 Å². The molecule has 1 heterocycles. The van der Waals surface area contributed by atoms with E-state index in [-0.39, 0.29) is 11.8 Å². The van der Waals surface area contributed by atoms with Crippen LogP contribution in [0.1, 0.15) is 23.0 Å². The zero-order valence-electron chi connectivity index (χ0n) is 10.4. The number of hydrogen-bond donors (Lipinski definition) is 1. The van der Waals surface area contributed by atoms with Crippen LogP contribution < -0.4 is 5.73 Å². The Labute approximate surface area is 111 Å². The summed E-state index contributed by atoms with van der Waals surface area (Å²) in [6.07, 6.45) is 1.64. The van der Waals surface area contributed by atoms with Crippen LogP contribution >= 0.6 is 11.3 Å². The number of fused-ring (bicyclic) bond motifs is 1. The Morgan fingerprint density at radius 3 is 2.83 bits per heavy atom. The van der Waals surface area contributed by atoms with Gasteiger partial charge in [-0.3, -0.25) is 0 Å². The molecular formula is C12H16N2O2S2. The van der Waals surface area contributed by atoms with Crippen molar-refractivity contribution < 1.29 is 8.42 Å². The summed E-state index contributed by atoms with van der Waals surface area (Å²) in [6.45, 7) is 2.02. The number of sulfone groups is 1. The van der Waals surface area contributed by atoms with Gasteiger partial charge in [0.1, 0.15) is 14.8 Å². The van der Waals surface area contributed by atoms with Crippen LogP contribution in [0.25, 0.3) is 10.2 Å². The summed E-state index contributed by atoms with van der Waals surface area (Å²) in [5.74, 6) is 0.100. The second-order valence-electron chi connectivity index (χ2n) is 4.55. The summed E-state index contributed by atoms with van der Waals surface area (Å²) < 4.78 is 23.3. The Balaban J connectivity index is 2.20. The van der Waals surface area contributed by atoms with E-state index in [0.717, 1.165) is 20.8 Å². The summed E-state index contributed by atoms with van der Waals surface area (Å²) in [5, 5.41) is 0.805. The van der Waals surface area contributed by atoms with Crippen LogP contribution in [-0.4, -0.2) is 25.4 Å². The lowest BCUT2D eigenvalue weighted by Crippen LogP contribution is -2.15. The molecule has 2 aromatic rings. The van der Waals surface area contributed by atoms with Crippen LogP contribution in [0.3, 0.4) is 0 Å². The zero-order valence-corrected chi connectivity index (χ0v) is 12.0. The van der Waals surface area contributed by atoms with E-state index >= 15 is 0 Å². The van der Waals surface area contributed by atoms with Gasteiger partial charge >= 0.3 is 0 Å². The van der Waals surface area contributed by atoms with Gasteiger partial charge in [0.2, 0.25) is 0 Å². The fourth-order valence-electron chi connectivity index (χ4n) is 1.68. The van der Waals surface area contributed by atoms with Crippen molar-refractivity contribution in [3.8, 4) is 0 Å². The molecule has 0 amide bonds. The van der Waals surface area contributed by atoms with Crippen molar-refractivity contribution in [2.75, 3.05) is 12.0 Å². The number of nitrogens with two attached hydrogens (primary N) is 1. The van der Waals surface area contributed by atoms with E-state index in [2.05, 4.69) is 4.98 Å².